The molecule has 0 aliphatic heterocycles. The van der Waals surface area contributed by atoms with Gasteiger partial charge < -0.3 is 30.3 Å². The van der Waals surface area contributed by atoms with E-state index in [0.29, 0.717) is 13.2 Å². The quantitative estimate of drug-likeness (QED) is 0.369. The molecule has 0 fully saturated rings. The summed E-state index contributed by atoms with van der Waals surface area (Å²) in [6.07, 6.45) is -0.560. The Kier molecular flexibility index (Phi) is 25.5. The Labute approximate surface area is 94.9 Å². The average Bonchev–Trinajstić information content (AvgIpc) is 2.19. The number of carbonyl (C=O) groups is 1. The Morgan fingerprint density at radius 2 is 1.44 bits per heavy atom. The summed E-state index contributed by atoms with van der Waals surface area (Å²) in [5.41, 5.74) is 0. The Balaban J connectivity index is -0.000000166. The predicted octanol–water partition coefficient (Wildman–Crippen LogP) is -1.56. The smallest absolute Gasteiger partial charge is 0.300 e. The SMILES string of the molecule is CC(=O)O.CC(O)CO.OCCOCCO. The minimum atomic E-state index is -0.833. The van der Waals surface area contributed by atoms with Gasteiger partial charge in [-0.25, -0.2) is 0 Å². The molecule has 16 heavy (non-hydrogen) atoms. The zero-order chi connectivity index (χ0) is 13.4. The number of carboxylic acid groups (broad SMARTS) is 1. The maximum absolute atomic E-state index is 9.00. The van der Waals surface area contributed by atoms with Gasteiger partial charge in [0.15, 0.2) is 0 Å². The molecule has 0 rings (SSSR count). The van der Waals surface area contributed by atoms with Gasteiger partial charge in [0.25, 0.3) is 5.97 Å². The van der Waals surface area contributed by atoms with Crippen LogP contribution in [0.25, 0.3) is 0 Å². The normalized spacial score (nSPS) is 10.4. The summed E-state index contributed by atoms with van der Waals surface area (Å²) in [5, 5.41) is 39.6. The maximum Gasteiger partial charge on any atom is 0.300 e. The van der Waals surface area contributed by atoms with Gasteiger partial charge in [-0.05, 0) is 6.92 Å². The highest BCUT2D eigenvalue weighted by atomic mass is 16.5. The molecule has 100 valence electrons. The molecule has 0 radical (unpaired) electrons. The summed E-state index contributed by atoms with van der Waals surface area (Å²) < 4.78 is 4.63. The van der Waals surface area contributed by atoms with Crippen LogP contribution < -0.4 is 0 Å². The van der Waals surface area contributed by atoms with Crippen LogP contribution in [0.2, 0.25) is 0 Å². The molecule has 0 aliphatic carbocycles. The van der Waals surface area contributed by atoms with E-state index in [0.717, 1.165) is 6.92 Å². The van der Waals surface area contributed by atoms with E-state index in [1.807, 2.05) is 0 Å². The number of rotatable bonds is 5. The van der Waals surface area contributed by atoms with E-state index in [4.69, 9.17) is 30.3 Å². The first kappa shape index (κ1) is 20.7. The van der Waals surface area contributed by atoms with E-state index in [-0.39, 0.29) is 19.8 Å². The summed E-state index contributed by atoms with van der Waals surface area (Å²) in [6.45, 7) is 3.17. The molecule has 0 saturated heterocycles. The van der Waals surface area contributed by atoms with Crippen molar-refractivity contribution >= 4 is 5.97 Å². The molecular weight excluding hydrogens is 220 g/mol. The number of hydrogen-bond acceptors (Lipinski definition) is 6. The van der Waals surface area contributed by atoms with Gasteiger partial charge in [-0.3, -0.25) is 4.79 Å². The number of aliphatic hydroxyl groups is 4. The zero-order valence-electron chi connectivity index (χ0n) is 9.67. The molecule has 0 aromatic rings. The summed E-state index contributed by atoms with van der Waals surface area (Å²) in [7, 11) is 0. The van der Waals surface area contributed by atoms with Crippen LogP contribution in [-0.2, 0) is 9.53 Å². The molecule has 1 unspecified atom stereocenters. The number of aliphatic carboxylic acids is 1. The second-order valence-corrected chi connectivity index (χ2v) is 2.61. The van der Waals surface area contributed by atoms with E-state index in [1.54, 1.807) is 0 Å². The Morgan fingerprint density at radius 1 is 1.19 bits per heavy atom. The molecule has 5 N–H and O–H groups in total. The van der Waals surface area contributed by atoms with Crippen LogP contribution in [0.1, 0.15) is 13.8 Å². The first-order valence-corrected chi connectivity index (χ1v) is 4.70. The van der Waals surface area contributed by atoms with Crippen molar-refractivity contribution in [1.29, 1.82) is 0 Å². The minimum Gasteiger partial charge on any atom is -0.481 e. The molecule has 0 amide bonds. The summed E-state index contributed by atoms with van der Waals surface area (Å²) >= 11 is 0. The predicted molar refractivity (Wildman–Crippen MR) is 57.1 cm³/mol. The van der Waals surface area contributed by atoms with Gasteiger partial charge in [-0.1, -0.05) is 0 Å². The van der Waals surface area contributed by atoms with Gasteiger partial charge in [-0.15, -0.1) is 0 Å². The highest BCUT2D eigenvalue weighted by Crippen LogP contribution is 1.69. The molecule has 0 saturated carbocycles. The lowest BCUT2D eigenvalue weighted by Gasteiger charge is -1.94. The van der Waals surface area contributed by atoms with E-state index in [1.165, 1.54) is 6.92 Å². The van der Waals surface area contributed by atoms with Crippen LogP contribution in [0.5, 0.6) is 0 Å². The van der Waals surface area contributed by atoms with Gasteiger partial charge in [0, 0.05) is 6.92 Å². The maximum atomic E-state index is 9.00. The average molecular weight is 242 g/mol. The molecule has 7 heteroatoms. The standard InChI is InChI=1S/C4H10O3.C3H8O2.C2H4O2/c5-1-3-7-4-2-6;1-3(5)2-4;1-2(3)4/h5-6H,1-4H2;3-5H,2H2,1H3;1H3,(H,3,4). The third-order valence-corrected chi connectivity index (χ3v) is 0.735. The zero-order valence-corrected chi connectivity index (χ0v) is 9.67. The van der Waals surface area contributed by atoms with Crippen LogP contribution in [0, 0.1) is 0 Å². The minimum absolute atomic E-state index is 0.0278. The molecule has 1 atom stereocenters. The fourth-order valence-corrected chi connectivity index (χ4v) is 0.231. The van der Waals surface area contributed by atoms with Crippen molar-refractivity contribution in [2.45, 2.75) is 20.0 Å². The molecule has 0 aliphatic rings. The van der Waals surface area contributed by atoms with Gasteiger partial charge >= 0.3 is 0 Å². The van der Waals surface area contributed by atoms with Crippen molar-refractivity contribution in [3.05, 3.63) is 0 Å². The van der Waals surface area contributed by atoms with Crippen LogP contribution in [0.4, 0.5) is 0 Å². The van der Waals surface area contributed by atoms with Gasteiger partial charge in [0.2, 0.25) is 0 Å². The largest absolute Gasteiger partial charge is 0.481 e. The van der Waals surface area contributed by atoms with Crippen molar-refractivity contribution in [3.63, 3.8) is 0 Å². The number of ether oxygens (including phenoxy) is 1. The second-order valence-electron chi connectivity index (χ2n) is 2.61. The summed E-state index contributed by atoms with van der Waals surface area (Å²) in [5.74, 6) is -0.833. The molecular formula is C9H22O7. The molecule has 0 aromatic heterocycles. The Hall–Kier alpha value is -0.730. The van der Waals surface area contributed by atoms with Crippen LogP contribution in [0.3, 0.4) is 0 Å². The topological polar surface area (TPSA) is 127 Å². The van der Waals surface area contributed by atoms with Gasteiger partial charge in [0.05, 0.1) is 39.1 Å². The number of hydrogen-bond donors (Lipinski definition) is 5. The first-order chi connectivity index (χ1) is 7.42. The second kappa shape index (κ2) is 19.8. The van der Waals surface area contributed by atoms with Crippen LogP contribution >= 0.6 is 0 Å². The third-order valence-electron chi connectivity index (χ3n) is 0.735. The first-order valence-electron chi connectivity index (χ1n) is 4.70. The van der Waals surface area contributed by atoms with Gasteiger partial charge in [-0.2, -0.15) is 0 Å². The van der Waals surface area contributed by atoms with Crippen molar-refractivity contribution < 1.29 is 35.1 Å². The highest BCUT2D eigenvalue weighted by Gasteiger charge is 1.83. The molecule has 0 heterocycles. The molecule has 0 aromatic carbocycles. The van der Waals surface area contributed by atoms with E-state index < -0.39 is 12.1 Å². The molecule has 7 nitrogen and oxygen atoms in total. The summed E-state index contributed by atoms with van der Waals surface area (Å²) in [4.78, 5) is 9.00. The van der Waals surface area contributed by atoms with E-state index >= 15 is 0 Å². The highest BCUT2D eigenvalue weighted by molar-refractivity contribution is 5.62. The lowest BCUT2D eigenvalue weighted by Crippen LogP contribution is -2.03. The lowest BCUT2D eigenvalue weighted by molar-refractivity contribution is -0.134. The summed E-state index contributed by atoms with van der Waals surface area (Å²) in [6, 6.07) is 0. The number of carboxylic acids is 1. The van der Waals surface area contributed by atoms with E-state index in [9.17, 15) is 0 Å². The van der Waals surface area contributed by atoms with Gasteiger partial charge in [0.1, 0.15) is 0 Å². The van der Waals surface area contributed by atoms with Crippen LogP contribution in [-0.4, -0.2) is 70.6 Å². The number of aliphatic hydroxyl groups excluding tert-OH is 4. The monoisotopic (exact) mass is 242 g/mol. The molecule has 0 bridgehead atoms. The van der Waals surface area contributed by atoms with Crippen molar-refractivity contribution in [3.8, 4) is 0 Å². The van der Waals surface area contributed by atoms with Crippen molar-refractivity contribution in [2.24, 2.45) is 0 Å². The lowest BCUT2D eigenvalue weighted by atomic mass is 10.5. The fourth-order valence-electron chi connectivity index (χ4n) is 0.231. The molecule has 0 spiro atoms. The fraction of sp³-hybridized carbons (Fsp3) is 0.889. The Bertz CT molecular complexity index is 119. The van der Waals surface area contributed by atoms with Crippen molar-refractivity contribution in [1.82, 2.24) is 0 Å². The van der Waals surface area contributed by atoms with Crippen LogP contribution in [0.15, 0.2) is 0 Å². The van der Waals surface area contributed by atoms with E-state index in [2.05, 4.69) is 4.74 Å². The Morgan fingerprint density at radius 3 is 1.56 bits per heavy atom. The van der Waals surface area contributed by atoms with Crippen molar-refractivity contribution in [2.75, 3.05) is 33.0 Å². The third kappa shape index (κ3) is 71.9.